The lowest BCUT2D eigenvalue weighted by atomic mass is 10.1. The van der Waals surface area contributed by atoms with Crippen LogP contribution in [-0.2, 0) is 28.6 Å². The average molecular weight is 1100 g/mol. The van der Waals surface area contributed by atoms with Crippen LogP contribution in [-0.4, -0.2) is 37.2 Å². The molecular weight excluding hydrogens is 985 g/mol. The molecule has 0 radical (unpaired) electrons. The zero-order valence-corrected chi connectivity index (χ0v) is 51.0. The summed E-state index contributed by atoms with van der Waals surface area (Å²) in [5.41, 5.74) is 0. The zero-order chi connectivity index (χ0) is 57.8. The van der Waals surface area contributed by atoms with Gasteiger partial charge in [0.1, 0.15) is 13.2 Å². The van der Waals surface area contributed by atoms with Gasteiger partial charge >= 0.3 is 17.9 Å². The molecule has 0 aliphatic heterocycles. The quantitative estimate of drug-likeness (QED) is 0.0261. The molecule has 0 fully saturated rings. The minimum atomic E-state index is -0.817. The fourth-order valence-electron chi connectivity index (χ4n) is 7.93. The molecule has 1 atom stereocenters. The van der Waals surface area contributed by atoms with Gasteiger partial charge in [-0.15, -0.1) is 0 Å². The van der Waals surface area contributed by atoms with Crippen LogP contribution in [0.2, 0.25) is 0 Å². The van der Waals surface area contributed by atoms with Crippen molar-refractivity contribution in [1.29, 1.82) is 0 Å². The van der Waals surface area contributed by atoms with Crippen molar-refractivity contribution in [3.8, 4) is 0 Å². The Hall–Kier alpha value is -5.49. The number of carbonyl (C=O) groups excluding carboxylic acids is 3. The summed E-state index contributed by atoms with van der Waals surface area (Å²) in [5, 5.41) is 0. The summed E-state index contributed by atoms with van der Waals surface area (Å²) in [6, 6.07) is 0. The number of carbonyl (C=O) groups is 3. The summed E-state index contributed by atoms with van der Waals surface area (Å²) < 4.78 is 16.8. The van der Waals surface area contributed by atoms with Gasteiger partial charge in [-0.1, -0.05) is 254 Å². The minimum Gasteiger partial charge on any atom is -0.462 e. The highest BCUT2D eigenvalue weighted by Crippen LogP contribution is 2.13. The minimum absolute atomic E-state index is 0.110. The molecule has 0 aliphatic rings. The largest absolute Gasteiger partial charge is 0.462 e. The Balaban J connectivity index is 4.42. The highest BCUT2D eigenvalue weighted by Gasteiger charge is 2.19. The Bertz CT molecular complexity index is 1890. The first-order valence-corrected chi connectivity index (χ1v) is 31.8. The van der Waals surface area contributed by atoms with Gasteiger partial charge in [-0.2, -0.15) is 0 Å². The third-order valence-electron chi connectivity index (χ3n) is 12.6. The molecule has 0 aliphatic carbocycles. The Morgan fingerprint density at radius 1 is 0.263 bits per heavy atom. The average Bonchev–Trinajstić information content (AvgIpc) is 3.46. The number of unbranched alkanes of at least 4 members (excludes halogenated alkanes) is 14. The summed E-state index contributed by atoms with van der Waals surface area (Å²) in [6.45, 7) is 6.28. The molecule has 0 rings (SSSR count). The van der Waals surface area contributed by atoms with Crippen molar-refractivity contribution < 1.29 is 28.6 Å². The van der Waals surface area contributed by atoms with Gasteiger partial charge in [0.25, 0.3) is 0 Å². The lowest BCUT2D eigenvalue weighted by Gasteiger charge is -2.18. The molecular formula is C74H114O6. The van der Waals surface area contributed by atoms with Crippen LogP contribution in [0.15, 0.2) is 182 Å². The number of hydrogen-bond donors (Lipinski definition) is 0. The van der Waals surface area contributed by atoms with Gasteiger partial charge < -0.3 is 14.2 Å². The molecule has 0 aromatic rings. The zero-order valence-electron chi connectivity index (χ0n) is 51.0. The number of ether oxygens (including phenoxy) is 3. The van der Waals surface area contributed by atoms with Crippen LogP contribution < -0.4 is 0 Å². The smallest absolute Gasteiger partial charge is 0.306 e. The lowest BCUT2D eigenvalue weighted by Crippen LogP contribution is -2.30. The van der Waals surface area contributed by atoms with Crippen molar-refractivity contribution in [2.75, 3.05) is 13.2 Å². The van der Waals surface area contributed by atoms with Crippen LogP contribution in [0.3, 0.4) is 0 Å². The van der Waals surface area contributed by atoms with Gasteiger partial charge in [-0.25, -0.2) is 0 Å². The van der Waals surface area contributed by atoms with E-state index in [4.69, 9.17) is 14.2 Å². The third-order valence-corrected chi connectivity index (χ3v) is 12.6. The van der Waals surface area contributed by atoms with Gasteiger partial charge in [-0.3, -0.25) is 14.4 Å². The molecule has 0 bridgehead atoms. The molecule has 0 N–H and O–H groups in total. The number of rotatable bonds is 55. The molecule has 0 saturated heterocycles. The molecule has 6 heteroatoms. The molecule has 0 saturated carbocycles. The Labute approximate surface area is 491 Å². The predicted octanol–water partition coefficient (Wildman–Crippen LogP) is 22.0. The van der Waals surface area contributed by atoms with Crippen molar-refractivity contribution in [3.63, 3.8) is 0 Å². The van der Waals surface area contributed by atoms with Crippen LogP contribution in [0, 0.1) is 0 Å². The van der Waals surface area contributed by atoms with Crippen LogP contribution in [0.5, 0.6) is 0 Å². The van der Waals surface area contributed by atoms with Gasteiger partial charge in [0.05, 0.1) is 0 Å². The van der Waals surface area contributed by atoms with Crippen molar-refractivity contribution in [3.05, 3.63) is 182 Å². The maximum absolute atomic E-state index is 12.9. The van der Waals surface area contributed by atoms with E-state index in [0.717, 1.165) is 193 Å². The first-order chi connectivity index (χ1) is 39.5. The van der Waals surface area contributed by atoms with E-state index in [0.29, 0.717) is 12.8 Å². The fraction of sp³-hybridized carbons (Fsp3) is 0.554. The van der Waals surface area contributed by atoms with Crippen LogP contribution >= 0.6 is 0 Å². The second kappa shape index (κ2) is 66.0. The highest BCUT2D eigenvalue weighted by molar-refractivity contribution is 5.71. The number of esters is 3. The molecule has 0 heterocycles. The monoisotopic (exact) mass is 1100 g/mol. The maximum Gasteiger partial charge on any atom is 0.306 e. The Morgan fingerprint density at radius 3 is 0.775 bits per heavy atom. The first-order valence-electron chi connectivity index (χ1n) is 31.8. The van der Waals surface area contributed by atoms with Crippen LogP contribution in [0.1, 0.15) is 245 Å². The van der Waals surface area contributed by atoms with E-state index in [-0.39, 0.29) is 37.5 Å². The SMILES string of the molecule is CC/C=C\C/C=C\C/C=C\C/C=C\C/C=C\C/C=C\C/C=C\C/C=C\CCCCCCC(=O)OCC(COC(=O)CCCCCCC/C=C\CCC)OC(=O)CCCCCC/C=C\C/C=C\C/C=C\C/C=C\C/C=C\C/C=C\CC. The van der Waals surface area contributed by atoms with Crippen LogP contribution in [0.4, 0.5) is 0 Å². The molecule has 0 aromatic heterocycles. The predicted molar refractivity (Wildman–Crippen MR) is 348 cm³/mol. The lowest BCUT2D eigenvalue weighted by molar-refractivity contribution is -0.167. The second-order valence-electron chi connectivity index (χ2n) is 20.2. The van der Waals surface area contributed by atoms with Crippen molar-refractivity contribution in [2.45, 2.75) is 252 Å². The standard InChI is InChI=1S/C74H114O6/c1-4-7-10-13-16-19-22-24-26-28-30-32-34-35-36-37-38-39-41-42-44-46-48-50-52-55-58-61-64-67-73(76)79-70-71(69-78-72(75)66-63-60-57-54-21-18-15-12-9-6-3)80-74(77)68-65-62-59-56-53-51-49-47-45-43-40-33-31-29-27-25-23-20-17-14-11-8-5-2/h7-8,10-12,15-17,19-20,24-27,30-33,35-36,38-39,42-45,48-51,71H,4-6,9,13-14,18,21-23,28-29,34,37,40-41,46-47,52-70H2,1-3H3/b10-7-,11-8-,15-12-,19-16-,20-17-,26-24-,27-25-,32-30-,33-31-,36-35-,39-38-,44-42-,45-43-,50-48-,51-49-. The van der Waals surface area contributed by atoms with E-state index < -0.39 is 6.10 Å². The molecule has 1 unspecified atom stereocenters. The molecule has 80 heavy (non-hydrogen) atoms. The van der Waals surface area contributed by atoms with E-state index in [1.54, 1.807) is 0 Å². The third kappa shape index (κ3) is 63.3. The molecule has 0 spiro atoms. The van der Waals surface area contributed by atoms with Crippen molar-refractivity contribution in [2.24, 2.45) is 0 Å². The fourth-order valence-corrected chi connectivity index (χ4v) is 7.93. The van der Waals surface area contributed by atoms with Gasteiger partial charge in [0.2, 0.25) is 0 Å². The van der Waals surface area contributed by atoms with E-state index in [1.165, 1.54) is 12.8 Å². The normalized spacial score (nSPS) is 13.4. The van der Waals surface area contributed by atoms with Gasteiger partial charge in [-0.05, 0) is 154 Å². The topological polar surface area (TPSA) is 78.9 Å². The summed E-state index contributed by atoms with van der Waals surface area (Å²) in [7, 11) is 0. The Kier molecular flexibility index (Phi) is 61.5. The summed E-state index contributed by atoms with van der Waals surface area (Å²) in [6.07, 6.45) is 99.0. The highest BCUT2D eigenvalue weighted by atomic mass is 16.6. The van der Waals surface area contributed by atoms with E-state index >= 15 is 0 Å². The Morgan fingerprint density at radius 2 is 0.487 bits per heavy atom. The van der Waals surface area contributed by atoms with Crippen molar-refractivity contribution >= 4 is 17.9 Å². The summed E-state index contributed by atoms with van der Waals surface area (Å²) in [4.78, 5) is 38.2. The van der Waals surface area contributed by atoms with E-state index in [1.807, 2.05) is 0 Å². The second-order valence-corrected chi connectivity index (χ2v) is 20.2. The maximum atomic E-state index is 12.9. The van der Waals surface area contributed by atoms with Gasteiger partial charge in [0.15, 0.2) is 6.10 Å². The molecule has 6 nitrogen and oxygen atoms in total. The van der Waals surface area contributed by atoms with Crippen LogP contribution in [0.25, 0.3) is 0 Å². The molecule has 0 amide bonds. The van der Waals surface area contributed by atoms with Crippen molar-refractivity contribution in [1.82, 2.24) is 0 Å². The summed E-state index contributed by atoms with van der Waals surface area (Å²) in [5.74, 6) is -0.981. The molecule has 0 aromatic carbocycles. The molecule has 446 valence electrons. The van der Waals surface area contributed by atoms with E-state index in [2.05, 4.69) is 203 Å². The van der Waals surface area contributed by atoms with Gasteiger partial charge in [0, 0.05) is 19.3 Å². The summed E-state index contributed by atoms with van der Waals surface area (Å²) >= 11 is 0. The van der Waals surface area contributed by atoms with E-state index in [9.17, 15) is 14.4 Å². The first kappa shape index (κ1) is 74.5. The number of hydrogen-bond acceptors (Lipinski definition) is 6. The number of allylic oxidation sites excluding steroid dienone is 30.